The fraction of sp³-hybridized carbons (Fsp3) is 0. The first-order chi connectivity index (χ1) is 15.4. The molecule has 148 valence electrons. The normalized spacial score (nSPS) is 11.7. The van der Waals surface area contributed by atoms with E-state index in [1.54, 1.807) is 11.3 Å². The molecule has 0 amide bonds. The van der Waals surface area contributed by atoms with Gasteiger partial charge in [0.1, 0.15) is 0 Å². The van der Waals surface area contributed by atoms with Gasteiger partial charge >= 0.3 is 0 Å². The highest BCUT2D eigenvalue weighted by molar-refractivity contribution is 7.26. The smallest absolute Gasteiger partial charge is 0.0521 e. The Hall–Kier alpha value is -2.98. The molecule has 31 heavy (non-hydrogen) atoms. The molecule has 6 rings (SSSR count). The number of benzene rings is 3. The van der Waals surface area contributed by atoms with E-state index in [2.05, 4.69) is 108 Å². The Morgan fingerprint density at radius 1 is 0.548 bits per heavy atom. The van der Waals surface area contributed by atoms with Gasteiger partial charge in [-0.1, -0.05) is 72.8 Å². The molecule has 0 bridgehead atoms. The van der Waals surface area contributed by atoms with Gasteiger partial charge in [0.25, 0.3) is 0 Å². The second-order valence-corrected chi connectivity index (χ2v) is 10.4. The monoisotopic (exact) mass is 450 g/mol. The first-order valence-electron chi connectivity index (χ1n) is 10.2. The van der Waals surface area contributed by atoms with Gasteiger partial charge in [0.15, 0.2) is 0 Å². The SMILES string of the molecule is C(=C\c1c2ccccc2cc2ccccc12)/c1cc(-c2cccs2)sc1-c1cccs1. The van der Waals surface area contributed by atoms with Crippen molar-refractivity contribution in [3.05, 3.63) is 107 Å². The van der Waals surface area contributed by atoms with E-state index < -0.39 is 0 Å². The van der Waals surface area contributed by atoms with Crippen LogP contribution in [0.4, 0.5) is 0 Å². The highest BCUT2D eigenvalue weighted by Gasteiger charge is 2.13. The van der Waals surface area contributed by atoms with Crippen LogP contribution in [-0.4, -0.2) is 0 Å². The third kappa shape index (κ3) is 3.45. The maximum atomic E-state index is 2.34. The molecule has 0 radical (unpaired) electrons. The number of thiophene rings is 3. The molecular formula is C28H18S3. The predicted molar refractivity (Wildman–Crippen MR) is 141 cm³/mol. The van der Waals surface area contributed by atoms with Gasteiger partial charge in [-0.25, -0.2) is 0 Å². The van der Waals surface area contributed by atoms with Crippen molar-refractivity contribution in [1.82, 2.24) is 0 Å². The van der Waals surface area contributed by atoms with E-state index in [0.29, 0.717) is 0 Å². The number of hydrogen-bond acceptors (Lipinski definition) is 3. The molecule has 0 nitrogen and oxygen atoms in total. The van der Waals surface area contributed by atoms with Crippen LogP contribution in [0.5, 0.6) is 0 Å². The second kappa shape index (κ2) is 7.93. The van der Waals surface area contributed by atoms with Gasteiger partial charge in [-0.3, -0.25) is 0 Å². The van der Waals surface area contributed by atoms with Crippen molar-refractivity contribution >= 4 is 67.7 Å². The Balaban J connectivity index is 1.54. The van der Waals surface area contributed by atoms with E-state index in [1.165, 1.54) is 52.2 Å². The Bertz CT molecular complexity index is 1460. The topological polar surface area (TPSA) is 0 Å². The summed E-state index contributed by atoms with van der Waals surface area (Å²) in [7, 11) is 0. The van der Waals surface area contributed by atoms with Crippen molar-refractivity contribution in [2.45, 2.75) is 0 Å². The summed E-state index contributed by atoms with van der Waals surface area (Å²) in [5, 5.41) is 9.46. The molecule has 3 heterocycles. The van der Waals surface area contributed by atoms with E-state index in [4.69, 9.17) is 0 Å². The molecule has 0 saturated carbocycles. The molecule has 0 N–H and O–H groups in total. The largest absolute Gasteiger partial charge is 0.143 e. The molecular weight excluding hydrogens is 433 g/mol. The zero-order valence-electron chi connectivity index (χ0n) is 16.6. The number of rotatable bonds is 4. The predicted octanol–water partition coefficient (Wildman–Crippen LogP) is 9.68. The van der Waals surface area contributed by atoms with Crippen LogP contribution in [0.2, 0.25) is 0 Å². The van der Waals surface area contributed by atoms with Crippen molar-refractivity contribution in [3.63, 3.8) is 0 Å². The molecule has 0 spiro atoms. The van der Waals surface area contributed by atoms with Gasteiger partial charge in [0.2, 0.25) is 0 Å². The highest BCUT2D eigenvalue weighted by Crippen LogP contribution is 2.42. The molecule has 0 aliphatic rings. The number of hydrogen-bond donors (Lipinski definition) is 0. The van der Waals surface area contributed by atoms with Crippen LogP contribution in [0.3, 0.4) is 0 Å². The van der Waals surface area contributed by atoms with Crippen molar-refractivity contribution in [2.75, 3.05) is 0 Å². The molecule has 0 aliphatic heterocycles. The zero-order chi connectivity index (χ0) is 20.6. The van der Waals surface area contributed by atoms with Crippen molar-refractivity contribution in [2.24, 2.45) is 0 Å². The lowest BCUT2D eigenvalue weighted by atomic mass is 9.96. The van der Waals surface area contributed by atoms with E-state index in [0.717, 1.165) is 0 Å². The minimum Gasteiger partial charge on any atom is -0.143 e. The first kappa shape index (κ1) is 18.8. The Labute approximate surface area is 193 Å². The Morgan fingerprint density at radius 2 is 1.19 bits per heavy atom. The first-order valence-corrected chi connectivity index (χ1v) is 12.7. The third-order valence-corrected chi connectivity index (χ3v) is 8.78. The summed E-state index contributed by atoms with van der Waals surface area (Å²) in [5.74, 6) is 0. The van der Waals surface area contributed by atoms with Crippen molar-refractivity contribution in [3.8, 4) is 19.5 Å². The van der Waals surface area contributed by atoms with Crippen LogP contribution in [-0.2, 0) is 0 Å². The van der Waals surface area contributed by atoms with E-state index in [9.17, 15) is 0 Å². The third-order valence-electron chi connectivity index (χ3n) is 5.51. The van der Waals surface area contributed by atoms with E-state index >= 15 is 0 Å². The van der Waals surface area contributed by atoms with Crippen LogP contribution in [0.1, 0.15) is 11.1 Å². The summed E-state index contributed by atoms with van der Waals surface area (Å²) in [6.45, 7) is 0. The van der Waals surface area contributed by atoms with Gasteiger partial charge in [-0.15, -0.1) is 34.0 Å². The maximum Gasteiger partial charge on any atom is 0.0521 e. The van der Waals surface area contributed by atoms with Gasteiger partial charge in [-0.05, 0) is 67.7 Å². The van der Waals surface area contributed by atoms with Gasteiger partial charge in [0.05, 0.1) is 4.88 Å². The van der Waals surface area contributed by atoms with Crippen molar-refractivity contribution in [1.29, 1.82) is 0 Å². The highest BCUT2D eigenvalue weighted by atomic mass is 32.1. The average molecular weight is 451 g/mol. The fourth-order valence-electron chi connectivity index (χ4n) is 4.07. The van der Waals surface area contributed by atoms with Gasteiger partial charge in [-0.2, -0.15) is 0 Å². The van der Waals surface area contributed by atoms with E-state index in [-0.39, 0.29) is 0 Å². The summed E-state index contributed by atoms with van der Waals surface area (Å²) >= 11 is 5.50. The van der Waals surface area contributed by atoms with Crippen LogP contribution in [0.25, 0.3) is 53.2 Å². The minimum atomic E-state index is 1.28. The lowest BCUT2D eigenvalue weighted by Crippen LogP contribution is -1.83. The van der Waals surface area contributed by atoms with E-state index in [1.807, 2.05) is 22.7 Å². The maximum absolute atomic E-state index is 2.34. The van der Waals surface area contributed by atoms with Crippen LogP contribution < -0.4 is 0 Å². The van der Waals surface area contributed by atoms with Crippen molar-refractivity contribution < 1.29 is 0 Å². The molecule has 0 saturated heterocycles. The summed E-state index contributed by atoms with van der Waals surface area (Å²) < 4.78 is 0. The zero-order valence-corrected chi connectivity index (χ0v) is 19.1. The standard InChI is InChI=1S/C28H18S3/c1-3-9-22-19(7-1)17-20-8-2-4-10-23(20)24(22)14-13-21-18-27(25-11-5-15-29-25)31-28(21)26-12-6-16-30-26/h1-18H/b14-13+. The van der Waals surface area contributed by atoms with Gasteiger partial charge in [0, 0.05) is 14.6 Å². The average Bonchev–Trinajstić information content (AvgIpc) is 3.58. The Morgan fingerprint density at radius 3 is 1.84 bits per heavy atom. The molecule has 0 atom stereocenters. The second-order valence-electron chi connectivity index (χ2n) is 7.42. The summed E-state index contributed by atoms with van der Waals surface area (Å²) in [6.07, 6.45) is 4.61. The minimum absolute atomic E-state index is 1.28. The molecule has 3 aromatic carbocycles. The molecule has 0 fully saturated rings. The Kier molecular flexibility index (Phi) is 4.80. The van der Waals surface area contributed by atoms with Gasteiger partial charge < -0.3 is 0 Å². The molecule has 3 heteroatoms. The number of fused-ring (bicyclic) bond motifs is 2. The summed E-state index contributed by atoms with van der Waals surface area (Å²) in [5.41, 5.74) is 2.57. The summed E-state index contributed by atoms with van der Waals surface area (Å²) in [6, 6.07) is 30.7. The van der Waals surface area contributed by atoms with Crippen LogP contribution >= 0.6 is 34.0 Å². The summed E-state index contributed by atoms with van der Waals surface area (Å²) in [4.78, 5) is 5.34. The van der Waals surface area contributed by atoms with Crippen LogP contribution in [0.15, 0.2) is 95.7 Å². The molecule has 3 aromatic heterocycles. The van der Waals surface area contributed by atoms with Crippen LogP contribution in [0, 0.1) is 0 Å². The lowest BCUT2D eigenvalue weighted by molar-refractivity contribution is 1.74. The molecule has 6 aromatic rings. The molecule has 0 unspecified atom stereocenters. The lowest BCUT2D eigenvalue weighted by Gasteiger charge is -2.08. The molecule has 0 aliphatic carbocycles. The fourth-order valence-corrected chi connectivity index (χ4v) is 6.92. The quantitative estimate of drug-likeness (QED) is 0.234.